The summed E-state index contributed by atoms with van der Waals surface area (Å²) >= 11 is 0. The minimum Gasteiger partial charge on any atom is -0.463 e. The summed E-state index contributed by atoms with van der Waals surface area (Å²) in [5.74, 6) is -4.43. The van der Waals surface area contributed by atoms with Gasteiger partial charge < -0.3 is 42.6 Å². The first-order chi connectivity index (χ1) is 18.2. The lowest BCUT2D eigenvalue weighted by Crippen LogP contribution is -2.63. The predicted molar refractivity (Wildman–Crippen MR) is 123 cm³/mol. The Morgan fingerprint density at radius 3 is 1.59 bits per heavy atom. The molecule has 0 spiro atoms. The quantitative estimate of drug-likeness (QED) is 0.268. The van der Waals surface area contributed by atoms with Crippen molar-refractivity contribution in [3.63, 3.8) is 0 Å². The molecular weight excluding hydrogens is 528 g/mol. The number of hydrogen-bond acceptors (Lipinski definition) is 15. The molecule has 2 saturated heterocycles. The molecule has 9 atom stereocenters. The Kier molecular flexibility index (Phi) is 11.6. The fourth-order valence-electron chi connectivity index (χ4n) is 4.07. The first-order valence-corrected chi connectivity index (χ1v) is 12.0. The third-order valence-corrected chi connectivity index (χ3v) is 5.38. The molecule has 15 nitrogen and oxygen atoms in total. The maximum atomic E-state index is 12.0. The lowest BCUT2D eigenvalue weighted by molar-refractivity contribution is -0.324. The second-order valence-electron chi connectivity index (χ2n) is 8.79. The normalized spacial score (nSPS) is 32.2. The Bertz CT molecular complexity index is 932. The Labute approximate surface area is 224 Å². The van der Waals surface area contributed by atoms with Crippen LogP contribution in [0.1, 0.15) is 48.5 Å². The van der Waals surface area contributed by atoms with E-state index < -0.39 is 90.9 Å². The Balaban J connectivity index is 2.42. The Morgan fingerprint density at radius 2 is 1.08 bits per heavy atom. The molecule has 2 fully saturated rings. The lowest BCUT2D eigenvalue weighted by atomic mass is 9.97. The molecule has 0 amide bonds. The van der Waals surface area contributed by atoms with Gasteiger partial charge in [0.05, 0.1) is 6.10 Å². The van der Waals surface area contributed by atoms with Crippen molar-refractivity contribution in [2.75, 3.05) is 6.61 Å². The van der Waals surface area contributed by atoms with Crippen LogP contribution in [0.4, 0.5) is 0 Å². The van der Waals surface area contributed by atoms with Crippen LogP contribution < -0.4 is 0 Å². The highest BCUT2D eigenvalue weighted by Gasteiger charge is 2.54. The van der Waals surface area contributed by atoms with Gasteiger partial charge in [0, 0.05) is 41.5 Å². The zero-order valence-corrected chi connectivity index (χ0v) is 22.6. The second-order valence-corrected chi connectivity index (χ2v) is 8.79. The molecule has 15 heteroatoms. The van der Waals surface area contributed by atoms with E-state index in [0.29, 0.717) is 0 Å². The summed E-state index contributed by atoms with van der Waals surface area (Å²) in [6, 6.07) is 0. The molecule has 219 valence electrons. The molecule has 0 N–H and O–H groups in total. The van der Waals surface area contributed by atoms with Crippen LogP contribution in [-0.2, 0) is 71.4 Å². The third-order valence-electron chi connectivity index (χ3n) is 5.38. The van der Waals surface area contributed by atoms with Crippen LogP contribution in [0.15, 0.2) is 0 Å². The number of carbonyl (C=O) groups is 6. The van der Waals surface area contributed by atoms with Gasteiger partial charge in [-0.25, -0.2) is 0 Å². The lowest BCUT2D eigenvalue weighted by Gasteiger charge is -2.46. The Morgan fingerprint density at radius 1 is 0.615 bits per heavy atom. The van der Waals surface area contributed by atoms with Crippen LogP contribution in [0, 0.1) is 6.61 Å². The van der Waals surface area contributed by atoms with E-state index in [0.717, 1.165) is 41.2 Å². The minimum absolute atomic E-state index is 0.347. The highest BCUT2D eigenvalue weighted by molar-refractivity contribution is 5.69. The summed E-state index contributed by atoms with van der Waals surface area (Å²) in [5.41, 5.74) is 0. The van der Waals surface area contributed by atoms with Gasteiger partial charge in [-0.2, -0.15) is 0 Å². The first-order valence-electron chi connectivity index (χ1n) is 12.0. The molecule has 2 heterocycles. The summed E-state index contributed by atoms with van der Waals surface area (Å²) in [5, 5.41) is 0. The average molecular weight is 562 g/mol. The molecule has 2 rings (SSSR count). The molecule has 0 aromatic heterocycles. The van der Waals surface area contributed by atoms with E-state index in [1.165, 1.54) is 13.8 Å². The van der Waals surface area contributed by atoms with Crippen LogP contribution in [0.5, 0.6) is 0 Å². The fraction of sp³-hybridized carbons (Fsp3) is 0.708. The van der Waals surface area contributed by atoms with Crippen molar-refractivity contribution in [1.29, 1.82) is 0 Å². The molecule has 0 unspecified atom stereocenters. The minimum atomic E-state index is -1.48. The fourth-order valence-corrected chi connectivity index (χ4v) is 4.07. The molecule has 0 bridgehead atoms. The molecule has 1 radical (unpaired) electrons. The van der Waals surface area contributed by atoms with Gasteiger partial charge in [0.15, 0.2) is 36.8 Å². The van der Waals surface area contributed by atoms with Gasteiger partial charge in [-0.05, 0) is 6.92 Å². The number of esters is 6. The zero-order valence-electron chi connectivity index (χ0n) is 22.6. The monoisotopic (exact) mass is 561 g/mol. The number of ether oxygens (including phenoxy) is 9. The molecule has 0 aromatic rings. The van der Waals surface area contributed by atoms with Crippen molar-refractivity contribution < 1.29 is 71.4 Å². The van der Waals surface area contributed by atoms with Crippen LogP contribution in [0.25, 0.3) is 0 Å². The number of hydrogen-bond donors (Lipinski definition) is 0. The van der Waals surface area contributed by atoms with E-state index in [4.69, 9.17) is 42.6 Å². The van der Waals surface area contributed by atoms with Gasteiger partial charge in [-0.15, -0.1) is 0 Å². The average Bonchev–Trinajstić information content (AvgIpc) is 2.78. The van der Waals surface area contributed by atoms with Gasteiger partial charge in [-0.3, -0.25) is 28.8 Å². The molecule has 0 aliphatic carbocycles. The van der Waals surface area contributed by atoms with Gasteiger partial charge in [-0.1, -0.05) is 0 Å². The van der Waals surface area contributed by atoms with E-state index in [-0.39, 0.29) is 6.61 Å². The van der Waals surface area contributed by atoms with Crippen molar-refractivity contribution in [2.45, 2.75) is 104 Å². The van der Waals surface area contributed by atoms with Crippen LogP contribution in [-0.4, -0.2) is 97.5 Å². The van der Waals surface area contributed by atoms with Crippen molar-refractivity contribution in [2.24, 2.45) is 0 Å². The zero-order chi connectivity index (χ0) is 29.4. The summed E-state index contributed by atoms with van der Waals surface area (Å²) in [7, 11) is 0. The molecule has 2 aliphatic rings. The largest absolute Gasteiger partial charge is 0.463 e. The number of carbonyl (C=O) groups excluding carboxylic acids is 6. The van der Waals surface area contributed by atoms with Crippen molar-refractivity contribution in [3.8, 4) is 0 Å². The van der Waals surface area contributed by atoms with Crippen LogP contribution >= 0.6 is 0 Å². The molecule has 0 aromatic carbocycles. The van der Waals surface area contributed by atoms with Gasteiger partial charge in [0.25, 0.3) is 0 Å². The van der Waals surface area contributed by atoms with Gasteiger partial charge in [0.1, 0.15) is 25.4 Å². The molecule has 2 aliphatic heterocycles. The maximum absolute atomic E-state index is 12.0. The highest BCUT2D eigenvalue weighted by Crippen LogP contribution is 2.33. The molecule has 39 heavy (non-hydrogen) atoms. The van der Waals surface area contributed by atoms with Crippen molar-refractivity contribution in [3.05, 3.63) is 6.61 Å². The Hall–Kier alpha value is -3.30. The summed E-state index contributed by atoms with van der Waals surface area (Å²) < 4.78 is 49.1. The van der Waals surface area contributed by atoms with Crippen molar-refractivity contribution >= 4 is 35.8 Å². The molecular formula is C24H33O15. The van der Waals surface area contributed by atoms with Gasteiger partial charge >= 0.3 is 35.8 Å². The van der Waals surface area contributed by atoms with E-state index in [1.54, 1.807) is 0 Å². The summed E-state index contributed by atoms with van der Waals surface area (Å²) in [6.45, 7) is 9.00. The van der Waals surface area contributed by atoms with E-state index in [9.17, 15) is 28.8 Å². The van der Waals surface area contributed by atoms with Crippen LogP contribution in [0.2, 0.25) is 0 Å². The summed E-state index contributed by atoms with van der Waals surface area (Å²) in [6.07, 6.45) is -11.4. The standard InChI is InChI=1S/C24H33O15/c1-10-19(34-12(3)26)22(37-15(6)29)23(38-16(7)30)24(33-10)39-18-9-32-17(8-31-11(2)25)20(35-13(4)27)21(18)36-14(5)28/h9-10,17-24H,8H2,1-7H3/t10-,17-,18+,19-,20-,21-,22+,23+,24+/m1/s1. The van der Waals surface area contributed by atoms with E-state index >= 15 is 0 Å². The SMILES string of the molecule is CC(=O)OC[C@H]1O[CH][C@H](O[C@@H]2O[C@H](C)[C@@H](OC(C)=O)[C@H](OC(C)=O)[C@@H]2OC(C)=O)[C@@H](OC(C)=O)[C@@H]1OC(C)=O. The first kappa shape index (κ1) is 31.9. The maximum Gasteiger partial charge on any atom is 0.303 e. The van der Waals surface area contributed by atoms with Crippen molar-refractivity contribution in [1.82, 2.24) is 0 Å². The smallest absolute Gasteiger partial charge is 0.303 e. The highest BCUT2D eigenvalue weighted by atomic mass is 16.7. The number of rotatable bonds is 9. The topological polar surface area (TPSA) is 185 Å². The van der Waals surface area contributed by atoms with Crippen LogP contribution in [0.3, 0.4) is 0 Å². The third kappa shape index (κ3) is 9.44. The van der Waals surface area contributed by atoms with E-state index in [1.807, 2.05) is 0 Å². The summed E-state index contributed by atoms with van der Waals surface area (Å²) in [4.78, 5) is 70.7. The second kappa shape index (κ2) is 14.2. The molecule has 0 saturated carbocycles. The van der Waals surface area contributed by atoms with E-state index in [2.05, 4.69) is 0 Å². The van der Waals surface area contributed by atoms with Gasteiger partial charge in [0.2, 0.25) is 0 Å². The predicted octanol–water partition coefficient (Wildman–Crippen LogP) is -0.101.